The van der Waals surface area contributed by atoms with Gasteiger partial charge in [-0.05, 0) is 36.1 Å². The van der Waals surface area contributed by atoms with Gasteiger partial charge in [0.1, 0.15) is 0 Å². The standard InChI is InChI=1S/C11H12N4/c1-8-2-3-10-9(4-5-14-15-12)7-13-11(10)6-8/h2-3,6-7,13H,4-5H2,1H3. The van der Waals surface area contributed by atoms with E-state index in [4.69, 9.17) is 5.53 Å². The van der Waals surface area contributed by atoms with E-state index in [1.54, 1.807) is 0 Å². The molecule has 0 aliphatic rings. The van der Waals surface area contributed by atoms with Gasteiger partial charge in [-0.2, -0.15) is 0 Å². The van der Waals surface area contributed by atoms with Gasteiger partial charge in [0.05, 0.1) is 0 Å². The van der Waals surface area contributed by atoms with Gasteiger partial charge in [0.2, 0.25) is 0 Å². The maximum atomic E-state index is 8.20. The van der Waals surface area contributed by atoms with Gasteiger partial charge in [-0.25, -0.2) is 0 Å². The van der Waals surface area contributed by atoms with Gasteiger partial charge in [-0.15, -0.1) is 0 Å². The van der Waals surface area contributed by atoms with Crippen LogP contribution in [0.1, 0.15) is 11.1 Å². The molecule has 4 heteroatoms. The Morgan fingerprint density at radius 1 is 1.47 bits per heavy atom. The Morgan fingerprint density at radius 3 is 3.13 bits per heavy atom. The summed E-state index contributed by atoms with van der Waals surface area (Å²) < 4.78 is 0. The summed E-state index contributed by atoms with van der Waals surface area (Å²) in [7, 11) is 0. The van der Waals surface area contributed by atoms with Crippen molar-refractivity contribution in [2.75, 3.05) is 6.54 Å². The topological polar surface area (TPSA) is 64.6 Å². The minimum atomic E-state index is 0.511. The Hall–Kier alpha value is -1.93. The van der Waals surface area contributed by atoms with E-state index in [9.17, 15) is 0 Å². The highest BCUT2D eigenvalue weighted by Gasteiger charge is 2.02. The minimum Gasteiger partial charge on any atom is -0.361 e. The van der Waals surface area contributed by atoms with Crippen molar-refractivity contribution in [3.05, 3.63) is 46.0 Å². The highest BCUT2D eigenvalue weighted by molar-refractivity contribution is 5.83. The fraction of sp³-hybridized carbons (Fsp3) is 0.273. The molecule has 0 unspecified atom stereocenters. The third-order valence-electron chi connectivity index (χ3n) is 2.47. The Labute approximate surface area is 87.6 Å². The average Bonchev–Trinajstić information content (AvgIpc) is 2.61. The van der Waals surface area contributed by atoms with Gasteiger partial charge in [0.15, 0.2) is 0 Å². The van der Waals surface area contributed by atoms with Gasteiger partial charge < -0.3 is 4.98 Å². The molecule has 76 valence electrons. The van der Waals surface area contributed by atoms with Crippen molar-refractivity contribution in [2.24, 2.45) is 5.11 Å². The van der Waals surface area contributed by atoms with E-state index in [0.717, 1.165) is 11.9 Å². The third-order valence-corrected chi connectivity index (χ3v) is 2.47. The van der Waals surface area contributed by atoms with Crippen molar-refractivity contribution in [1.29, 1.82) is 0 Å². The monoisotopic (exact) mass is 200 g/mol. The molecule has 0 saturated heterocycles. The van der Waals surface area contributed by atoms with E-state index in [2.05, 4.69) is 40.1 Å². The first-order valence-corrected chi connectivity index (χ1v) is 4.89. The van der Waals surface area contributed by atoms with E-state index >= 15 is 0 Å². The lowest BCUT2D eigenvalue weighted by Gasteiger charge is -1.96. The summed E-state index contributed by atoms with van der Waals surface area (Å²) in [6.07, 6.45) is 2.77. The predicted molar refractivity (Wildman–Crippen MR) is 60.8 cm³/mol. The maximum absolute atomic E-state index is 8.20. The number of rotatable bonds is 3. The first-order valence-electron chi connectivity index (χ1n) is 4.89. The molecule has 15 heavy (non-hydrogen) atoms. The molecule has 0 radical (unpaired) electrons. The van der Waals surface area contributed by atoms with Crippen LogP contribution in [-0.2, 0) is 6.42 Å². The summed E-state index contributed by atoms with van der Waals surface area (Å²) in [5.41, 5.74) is 11.8. The molecular formula is C11H12N4. The van der Waals surface area contributed by atoms with Crippen molar-refractivity contribution in [1.82, 2.24) is 4.98 Å². The van der Waals surface area contributed by atoms with Gasteiger partial charge >= 0.3 is 0 Å². The zero-order valence-corrected chi connectivity index (χ0v) is 8.57. The zero-order valence-electron chi connectivity index (χ0n) is 8.57. The number of nitrogens with zero attached hydrogens (tertiary/aromatic N) is 3. The fourth-order valence-electron chi connectivity index (χ4n) is 1.72. The molecule has 2 aromatic rings. The smallest absolute Gasteiger partial charge is 0.0459 e. The summed E-state index contributed by atoms with van der Waals surface area (Å²) in [4.78, 5) is 5.97. The molecule has 4 nitrogen and oxygen atoms in total. The summed E-state index contributed by atoms with van der Waals surface area (Å²) in [6.45, 7) is 2.58. The normalized spacial score (nSPS) is 10.2. The van der Waals surface area contributed by atoms with Crippen LogP contribution < -0.4 is 0 Å². The SMILES string of the molecule is Cc1ccc2c(CCN=[N+]=[N-])c[nH]c2c1. The van der Waals surface area contributed by atoms with E-state index < -0.39 is 0 Å². The van der Waals surface area contributed by atoms with Crippen molar-refractivity contribution >= 4 is 10.9 Å². The quantitative estimate of drug-likeness (QED) is 0.448. The van der Waals surface area contributed by atoms with Crippen LogP contribution in [-0.4, -0.2) is 11.5 Å². The fourth-order valence-corrected chi connectivity index (χ4v) is 1.72. The van der Waals surface area contributed by atoms with Crippen molar-refractivity contribution in [3.8, 4) is 0 Å². The van der Waals surface area contributed by atoms with E-state index in [1.807, 2.05) is 6.20 Å². The van der Waals surface area contributed by atoms with Crippen LogP contribution in [0.5, 0.6) is 0 Å². The lowest BCUT2D eigenvalue weighted by atomic mass is 10.1. The molecule has 0 saturated carbocycles. The van der Waals surface area contributed by atoms with Crippen molar-refractivity contribution in [3.63, 3.8) is 0 Å². The Balaban J connectivity index is 2.32. The zero-order chi connectivity index (χ0) is 10.7. The number of aromatic nitrogens is 1. The molecule has 0 aliphatic carbocycles. The number of aryl methyl sites for hydroxylation is 1. The van der Waals surface area contributed by atoms with Crippen LogP contribution in [0.4, 0.5) is 0 Å². The molecule has 0 aliphatic heterocycles. The van der Waals surface area contributed by atoms with E-state index in [0.29, 0.717) is 6.54 Å². The molecule has 2 rings (SSSR count). The number of hydrogen-bond donors (Lipinski definition) is 1. The van der Waals surface area contributed by atoms with Crippen LogP contribution in [0, 0.1) is 6.92 Å². The largest absolute Gasteiger partial charge is 0.361 e. The van der Waals surface area contributed by atoms with Gasteiger partial charge in [0, 0.05) is 28.6 Å². The number of aromatic amines is 1. The number of benzene rings is 1. The number of fused-ring (bicyclic) bond motifs is 1. The van der Waals surface area contributed by atoms with Crippen molar-refractivity contribution < 1.29 is 0 Å². The Morgan fingerprint density at radius 2 is 2.33 bits per heavy atom. The minimum absolute atomic E-state index is 0.511. The van der Waals surface area contributed by atoms with E-state index in [-0.39, 0.29) is 0 Å². The molecule has 0 atom stereocenters. The Kier molecular flexibility index (Phi) is 2.61. The van der Waals surface area contributed by atoms with Gasteiger partial charge in [-0.3, -0.25) is 0 Å². The molecule has 1 aromatic carbocycles. The molecule has 1 aromatic heterocycles. The number of hydrogen-bond acceptors (Lipinski definition) is 1. The molecule has 0 amide bonds. The second kappa shape index (κ2) is 4.07. The Bertz CT molecular complexity index is 520. The first-order chi connectivity index (χ1) is 7.31. The summed E-state index contributed by atoms with van der Waals surface area (Å²) in [6, 6.07) is 6.31. The molecule has 0 spiro atoms. The molecule has 1 N–H and O–H groups in total. The van der Waals surface area contributed by atoms with Crippen molar-refractivity contribution in [2.45, 2.75) is 13.3 Å². The molecule has 0 bridgehead atoms. The van der Waals surface area contributed by atoms with Crippen LogP contribution in [0.2, 0.25) is 0 Å². The van der Waals surface area contributed by atoms with Crippen LogP contribution >= 0.6 is 0 Å². The average molecular weight is 200 g/mol. The highest BCUT2D eigenvalue weighted by Crippen LogP contribution is 2.19. The lowest BCUT2D eigenvalue weighted by molar-refractivity contribution is 0.963. The maximum Gasteiger partial charge on any atom is 0.0459 e. The number of azide groups is 1. The first kappa shape index (κ1) is 9.62. The highest BCUT2D eigenvalue weighted by atomic mass is 15.1. The third kappa shape index (κ3) is 1.95. The second-order valence-corrected chi connectivity index (χ2v) is 3.57. The summed E-state index contributed by atoms with van der Waals surface area (Å²) in [5.74, 6) is 0. The summed E-state index contributed by atoms with van der Waals surface area (Å²) in [5, 5.41) is 4.75. The molecular weight excluding hydrogens is 188 g/mol. The molecule has 1 heterocycles. The second-order valence-electron chi connectivity index (χ2n) is 3.57. The van der Waals surface area contributed by atoms with Crippen LogP contribution in [0.25, 0.3) is 21.3 Å². The van der Waals surface area contributed by atoms with Crippen LogP contribution in [0.3, 0.4) is 0 Å². The van der Waals surface area contributed by atoms with Crippen LogP contribution in [0.15, 0.2) is 29.5 Å². The van der Waals surface area contributed by atoms with Gasteiger partial charge in [0.25, 0.3) is 0 Å². The summed E-state index contributed by atoms with van der Waals surface area (Å²) >= 11 is 0. The number of nitrogens with one attached hydrogen (secondary N) is 1. The number of H-pyrrole nitrogens is 1. The van der Waals surface area contributed by atoms with Gasteiger partial charge in [-0.1, -0.05) is 17.2 Å². The molecule has 0 fully saturated rings. The van der Waals surface area contributed by atoms with E-state index in [1.165, 1.54) is 16.5 Å². The predicted octanol–water partition coefficient (Wildman–Crippen LogP) is 3.33. The lowest BCUT2D eigenvalue weighted by Crippen LogP contribution is -1.86.